The maximum absolute atomic E-state index is 11.7. The molecule has 0 saturated heterocycles. The molecule has 8 heteroatoms. The summed E-state index contributed by atoms with van der Waals surface area (Å²) in [4.78, 5) is 11.7. The minimum Gasteiger partial charge on any atom is -0.243 e. The first-order valence-corrected chi connectivity index (χ1v) is 4.63. The summed E-state index contributed by atoms with van der Waals surface area (Å²) in [7, 11) is 0. The first-order valence-electron chi connectivity index (χ1n) is 4.25. The molecule has 2 aromatic heterocycles. The van der Waals surface area contributed by atoms with Crippen molar-refractivity contribution in [2.24, 2.45) is 0 Å². The third kappa shape index (κ3) is 1.61. The molecule has 0 fully saturated rings. The summed E-state index contributed by atoms with van der Waals surface area (Å²) < 4.78 is 2.01. The normalized spacial score (nSPS) is 10.5. The fraction of sp³-hybridized carbons (Fsp3) is 0.286. The summed E-state index contributed by atoms with van der Waals surface area (Å²) in [6, 6.07) is -0.510. The van der Waals surface area contributed by atoms with Crippen LogP contribution in [-0.4, -0.2) is 36.0 Å². The molecular formula is C7H7ClN6O. The molecule has 0 amide bonds. The van der Waals surface area contributed by atoms with Crippen LogP contribution in [-0.2, 0) is 6.42 Å². The van der Waals surface area contributed by atoms with Crippen molar-refractivity contribution in [1.82, 2.24) is 30.0 Å². The van der Waals surface area contributed by atoms with Crippen molar-refractivity contribution in [2.45, 2.75) is 13.3 Å². The van der Waals surface area contributed by atoms with E-state index in [4.69, 9.17) is 11.6 Å². The zero-order chi connectivity index (χ0) is 10.8. The second-order valence-corrected chi connectivity index (χ2v) is 3.08. The zero-order valence-corrected chi connectivity index (χ0v) is 8.59. The van der Waals surface area contributed by atoms with E-state index in [-0.39, 0.29) is 5.15 Å². The Kier molecular flexibility index (Phi) is 2.46. The van der Waals surface area contributed by atoms with Gasteiger partial charge in [-0.25, -0.2) is 4.79 Å². The van der Waals surface area contributed by atoms with Crippen molar-refractivity contribution in [3.63, 3.8) is 0 Å². The van der Waals surface area contributed by atoms with Crippen molar-refractivity contribution in [2.75, 3.05) is 0 Å². The molecule has 0 N–H and O–H groups in total. The SMILES string of the molecule is CCc1nnn(C(=O)n2ccnn2)c1Cl. The van der Waals surface area contributed by atoms with Gasteiger partial charge in [-0.15, -0.1) is 14.9 Å². The Bertz CT molecular complexity index is 476. The van der Waals surface area contributed by atoms with Crippen LogP contribution in [0.3, 0.4) is 0 Å². The highest BCUT2D eigenvalue weighted by atomic mass is 35.5. The molecule has 15 heavy (non-hydrogen) atoms. The number of halogens is 1. The molecule has 7 nitrogen and oxygen atoms in total. The predicted molar refractivity (Wildman–Crippen MR) is 50.6 cm³/mol. The second kappa shape index (κ2) is 3.77. The van der Waals surface area contributed by atoms with Gasteiger partial charge in [0.2, 0.25) is 0 Å². The van der Waals surface area contributed by atoms with Gasteiger partial charge in [-0.2, -0.15) is 4.68 Å². The lowest BCUT2D eigenvalue weighted by Crippen LogP contribution is -2.21. The highest BCUT2D eigenvalue weighted by Gasteiger charge is 2.16. The van der Waals surface area contributed by atoms with Crippen molar-refractivity contribution in [1.29, 1.82) is 0 Å². The second-order valence-electron chi connectivity index (χ2n) is 2.72. The average molecular weight is 227 g/mol. The number of aryl methyl sites for hydroxylation is 1. The summed E-state index contributed by atoms with van der Waals surface area (Å²) in [5, 5.41) is 14.7. The summed E-state index contributed by atoms with van der Waals surface area (Å²) in [5.41, 5.74) is 0.574. The Hall–Kier alpha value is -1.76. The molecule has 2 rings (SSSR count). The van der Waals surface area contributed by atoms with Crippen LogP contribution < -0.4 is 0 Å². The van der Waals surface area contributed by atoms with Crippen LogP contribution in [0.5, 0.6) is 0 Å². The summed E-state index contributed by atoms with van der Waals surface area (Å²) in [6.45, 7) is 1.88. The van der Waals surface area contributed by atoms with Crippen molar-refractivity contribution >= 4 is 17.6 Å². The van der Waals surface area contributed by atoms with E-state index in [1.165, 1.54) is 12.4 Å². The first-order chi connectivity index (χ1) is 7.24. The maximum Gasteiger partial charge on any atom is 0.373 e. The summed E-state index contributed by atoms with van der Waals surface area (Å²) >= 11 is 5.89. The highest BCUT2D eigenvalue weighted by Crippen LogP contribution is 2.12. The Morgan fingerprint density at radius 1 is 1.53 bits per heavy atom. The average Bonchev–Trinajstić information content (AvgIpc) is 2.85. The van der Waals surface area contributed by atoms with Gasteiger partial charge in [-0.3, -0.25) is 0 Å². The van der Waals surface area contributed by atoms with E-state index in [1.807, 2.05) is 6.92 Å². The van der Waals surface area contributed by atoms with E-state index in [1.54, 1.807) is 0 Å². The Morgan fingerprint density at radius 2 is 2.33 bits per heavy atom. The Morgan fingerprint density at radius 3 is 2.87 bits per heavy atom. The van der Waals surface area contributed by atoms with Gasteiger partial charge in [0.1, 0.15) is 5.69 Å². The lowest BCUT2D eigenvalue weighted by Gasteiger charge is -1.98. The number of carbonyl (C=O) groups is 1. The molecule has 0 aromatic carbocycles. The Balaban J connectivity index is 2.38. The van der Waals surface area contributed by atoms with Crippen LogP contribution >= 0.6 is 11.6 Å². The van der Waals surface area contributed by atoms with E-state index in [0.717, 1.165) is 9.36 Å². The lowest BCUT2D eigenvalue weighted by molar-refractivity contribution is 0.237. The summed E-state index contributed by atoms with van der Waals surface area (Å²) in [6.07, 6.45) is 3.42. The largest absolute Gasteiger partial charge is 0.373 e. The molecule has 2 heterocycles. The van der Waals surface area contributed by atoms with Gasteiger partial charge < -0.3 is 0 Å². The monoisotopic (exact) mass is 226 g/mol. The topological polar surface area (TPSA) is 78.5 Å². The molecule has 2 aromatic rings. The van der Waals surface area contributed by atoms with Crippen LogP contribution in [0.2, 0.25) is 5.15 Å². The van der Waals surface area contributed by atoms with Crippen LogP contribution in [0.1, 0.15) is 12.6 Å². The Labute approximate surface area is 89.6 Å². The minimum absolute atomic E-state index is 0.206. The minimum atomic E-state index is -0.510. The molecular weight excluding hydrogens is 220 g/mol. The standard InChI is InChI=1S/C7H7ClN6O/c1-2-5-6(8)14(12-10-5)7(15)13-4-3-9-11-13/h3-4H,2H2,1H3. The number of hydrogen-bond acceptors (Lipinski definition) is 5. The molecule has 0 atom stereocenters. The van der Waals surface area contributed by atoms with Crippen molar-refractivity contribution in [3.05, 3.63) is 23.2 Å². The molecule has 0 saturated carbocycles. The smallest absolute Gasteiger partial charge is 0.243 e. The quantitative estimate of drug-likeness (QED) is 0.712. The van der Waals surface area contributed by atoms with E-state index in [0.29, 0.717) is 12.1 Å². The molecule has 0 bridgehead atoms. The van der Waals surface area contributed by atoms with Gasteiger partial charge in [0.25, 0.3) is 0 Å². The van der Waals surface area contributed by atoms with Crippen LogP contribution in [0.25, 0.3) is 0 Å². The molecule has 0 unspecified atom stereocenters. The zero-order valence-electron chi connectivity index (χ0n) is 7.83. The highest BCUT2D eigenvalue weighted by molar-refractivity contribution is 6.31. The van der Waals surface area contributed by atoms with Crippen LogP contribution in [0, 0.1) is 0 Å². The summed E-state index contributed by atoms with van der Waals surface area (Å²) in [5.74, 6) is 0. The van der Waals surface area contributed by atoms with Gasteiger partial charge in [-0.1, -0.05) is 29.0 Å². The molecule has 78 valence electrons. The van der Waals surface area contributed by atoms with Gasteiger partial charge in [0.15, 0.2) is 5.15 Å². The maximum atomic E-state index is 11.7. The lowest BCUT2D eigenvalue weighted by atomic mass is 10.4. The predicted octanol–water partition coefficient (Wildman–Crippen LogP) is 0.602. The van der Waals surface area contributed by atoms with Gasteiger partial charge in [0.05, 0.1) is 12.4 Å². The fourth-order valence-corrected chi connectivity index (χ4v) is 1.33. The first kappa shape index (κ1) is 9.78. The van der Waals surface area contributed by atoms with Crippen LogP contribution in [0.15, 0.2) is 12.4 Å². The molecule has 0 spiro atoms. The van der Waals surface area contributed by atoms with E-state index < -0.39 is 6.03 Å². The van der Waals surface area contributed by atoms with Crippen LogP contribution in [0.4, 0.5) is 4.79 Å². The number of aromatic nitrogens is 6. The van der Waals surface area contributed by atoms with Crippen molar-refractivity contribution in [3.8, 4) is 0 Å². The van der Waals surface area contributed by atoms with Gasteiger partial charge in [0, 0.05) is 0 Å². The van der Waals surface area contributed by atoms with E-state index in [2.05, 4.69) is 20.6 Å². The number of hydrogen-bond donors (Lipinski definition) is 0. The van der Waals surface area contributed by atoms with Crippen molar-refractivity contribution < 1.29 is 4.79 Å². The number of carbonyl (C=O) groups excluding carboxylic acids is 1. The third-order valence-corrected chi connectivity index (χ3v) is 2.19. The van der Waals surface area contributed by atoms with E-state index >= 15 is 0 Å². The van der Waals surface area contributed by atoms with Gasteiger partial charge >= 0.3 is 6.03 Å². The molecule has 0 aliphatic carbocycles. The molecule has 0 aliphatic heterocycles. The number of nitrogens with zero attached hydrogens (tertiary/aromatic N) is 6. The van der Waals surface area contributed by atoms with Gasteiger partial charge in [-0.05, 0) is 6.42 Å². The molecule has 0 aliphatic rings. The fourth-order valence-electron chi connectivity index (χ4n) is 1.05. The van der Waals surface area contributed by atoms with E-state index in [9.17, 15) is 4.79 Å². The molecule has 0 radical (unpaired) electrons. The number of rotatable bonds is 1. The third-order valence-electron chi connectivity index (χ3n) is 1.81.